The van der Waals surface area contributed by atoms with Gasteiger partial charge in [0.2, 0.25) is 5.91 Å². The molecule has 1 aliphatic rings. The number of nitrogens with one attached hydrogen (secondary N) is 1. The third kappa shape index (κ3) is 2.98. The van der Waals surface area contributed by atoms with E-state index in [1.54, 1.807) is 0 Å². The lowest BCUT2D eigenvalue weighted by molar-refractivity contribution is -0.192. The Bertz CT molecular complexity index is 552. The third-order valence-corrected chi connectivity index (χ3v) is 3.56. The van der Waals surface area contributed by atoms with Crippen LogP contribution in [0.4, 0.5) is 22.0 Å². The van der Waals surface area contributed by atoms with Crippen LogP contribution in [0.5, 0.6) is 0 Å². The number of rotatable bonds is 4. The van der Waals surface area contributed by atoms with Gasteiger partial charge in [-0.3, -0.25) is 9.78 Å². The Morgan fingerprint density at radius 1 is 1.43 bits per heavy atom. The summed E-state index contributed by atoms with van der Waals surface area (Å²) in [4.78, 5) is 15.2. The second-order valence-electron chi connectivity index (χ2n) is 5.11. The monoisotopic (exact) mass is 308 g/mol. The Labute approximate surface area is 117 Å². The fourth-order valence-corrected chi connectivity index (χ4v) is 2.08. The molecule has 3 nitrogen and oxygen atoms in total. The zero-order chi connectivity index (χ0) is 15.8. The van der Waals surface area contributed by atoms with Crippen molar-refractivity contribution >= 4 is 5.91 Å². The van der Waals surface area contributed by atoms with E-state index < -0.39 is 23.9 Å². The Kier molecular flexibility index (Phi) is 3.90. The third-order valence-electron chi connectivity index (χ3n) is 3.56. The number of nitrogens with zero attached hydrogens (tertiary/aromatic N) is 1. The maximum absolute atomic E-state index is 12.7. The number of halogens is 5. The van der Waals surface area contributed by atoms with Gasteiger partial charge in [-0.25, -0.2) is 8.78 Å². The second kappa shape index (κ2) is 5.23. The van der Waals surface area contributed by atoms with Gasteiger partial charge in [-0.05, 0) is 30.9 Å². The van der Waals surface area contributed by atoms with Crippen molar-refractivity contribution < 1.29 is 26.7 Å². The fraction of sp³-hybridized carbons (Fsp3) is 0.538. The predicted octanol–water partition coefficient (Wildman–Crippen LogP) is 3.29. The SMILES string of the molecule is Cc1cc(CNC(=O)C2(C(F)(F)F)CC2)cnc1C(F)F. The molecule has 1 saturated carbocycles. The molecule has 1 N–H and O–H groups in total. The summed E-state index contributed by atoms with van der Waals surface area (Å²) in [5, 5.41) is 2.20. The van der Waals surface area contributed by atoms with E-state index in [1.165, 1.54) is 13.0 Å². The minimum Gasteiger partial charge on any atom is -0.351 e. The van der Waals surface area contributed by atoms with Crippen molar-refractivity contribution in [3.8, 4) is 0 Å². The lowest BCUT2D eigenvalue weighted by Crippen LogP contribution is -2.40. The van der Waals surface area contributed by atoms with Crippen molar-refractivity contribution in [2.45, 2.75) is 38.9 Å². The number of hydrogen-bond acceptors (Lipinski definition) is 2. The number of carbonyl (C=O) groups is 1. The maximum Gasteiger partial charge on any atom is 0.403 e. The zero-order valence-corrected chi connectivity index (χ0v) is 11.1. The maximum atomic E-state index is 12.7. The van der Waals surface area contributed by atoms with E-state index >= 15 is 0 Å². The van der Waals surface area contributed by atoms with E-state index in [1.807, 2.05) is 0 Å². The first kappa shape index (κ1) is 15.7. The number of hydrogen-bond donors (Lipinski definition) is 1. The molecule has 8 heteroatoms. The molecule has 0 aliphatic heterocycles. The van der Waals surface area contributed by atoms with Crippen LogP contribution in [0.25, 0.3) is 0 Å². The molecule has 0 saturated heterocycles. The smallest absolute Gasteiger partial charge is 0.351 e. The van der Waals surface area contributed by atoms with Crippen molar-refractivity contribution in [1.82, 2.24) is 10.3 Å². The highest BCUT2D eigenvalue weighted by Crippen LogP contribution is 2.57. The van der Waals surface area contributed by atoms with Crippen LogP contribution in [0.15, 0.2) is 12.3 Å². The Balaban J connectivity index is 2.01. The van der Waals surface area contributed by atoms with Gasteiger partial charge in [0.1, 0.15) is 11.1 Å². The van der Waals surface area contributed by atoms with Gasteiger partial charge in [-0.15, -0.1) is 0 Å². The summed E-state index contributed by atoms with van der Waals surface area (Å²) in [6.07, 6.45) is -6.59. The molecule has 2 rings (SSSR count). The summed E-state index contributed by atoms with van der Waals surface area (Å²) in [6.45, 7) is 1.26. The van der Waals surface area contributed by atoms with Gasteiger partial charge >= 0.3 is 6.18 Å². The minimum atomic E-state index is -4.56. The van der Waals surface area contributed by atoms with Crippen molar-refractivity contribution in [2.24, 2.45) is 5.41 Å². The number of alkyl halides is 5. The van der Waals surface area contributed by atoms with E-state index in [0.717, 1.165) is 6.20 Å². The van der Waals surface area contributed by atoms with E-state index in [2.05, 4.69) is 10.3 Å². The van der Waals surface area contributed by atoms with Gasteiger partial charge in [-0.2, -0.15) is 13.2 Å². The van der Waals surface area contributed by atoms with Gasteiger partial charge in [0.25, 0.3) is 6.43 Å². The first-order valence-electron chi connectivity index (χ1n) is 6.26. The molecule has 0 unspecified atom stereocenters. The summed E-state index contributed by atoms with van der Waals surface area (Å²) >= 11 is 0. The summed E-state index contributed by atoms with van der Waals surface area (Å²) in [7, 11) is 0. The molecule has 0 atom stereocenters. The number of aromatic nitrogens is 1. The van der Waals surface area contributed by atoms with Crippen molar-refractivity contribution in [3.05, 3.63) is 29.1 Å². The lowest BCUT2D eigenvalue weighted by Gasteiger charge is -2.18. The van der Waals surface area contributed by atoms with Gasteiger partial charge < -0.3 is 5.32 Å². The van der Waals surface area contributed by atoms with E-state index in [-0.39, 0.29) is 30.6 Å². The van der Waals surface area contributed by atoms with Crippen LogP contribution >= 0.6 is 0 Å². The molecule has 1 amide bonds. The molecule has 1 fully saturated rings. The van der Waals surface area contributed by atoms with E-state index in [4.69, 9.17) is 0 Å². The van der Waals surface area contributed by atoms with Crippen molar-refractivity contribution in [2.75, 3.05) is 0 Å². The summed E-state index contributed by atoms with van der Waals surface area (Å²) in [5.74, 6) is -1.08. The minimum absolute atomic E-state index is 0.173. The summed E-state index contributed by atoms with van der Waals surface area (Å²) in [5.41, 5.74) is -2.05. The number of pyridine rings is 1. The average Bonchev–Trinajstić information content (AvgIpc) is 3.16. The highest BCUT2D eigenvalue weighted by atomic mass is 19.4. The van der Waals surface area contributed by atoms with Crippen LogP contribution < -0.4 is 5.32 Å². The van der Waals surface area contributed by atoms with Crippen LogP contribution in [0.2, 0.25) is 0 Å². The van der Waals surface area contributed by atoms with Crippen LogP contribution in [0.1, 0.15) is 36.1 Å². The summed E-state index contributed by atoms with van der Waals surface area (Å²) < 4.78 is 63.2. The lowest BCUT2D eigenvalue weighted by atomic mass is 10.1. The highest BCUT2D eigenvalue weighted by molar-refractivity contribution is 5.86. The molecule has 116 valence electrons. The average molecular weight is 308 g/mol. The molecular weight excluding hydrogens is 295 g/mol. The van der Waals surface area contributed by atoms with Crippen molar-refractivity contribution in [1.29, 1.82) is 0 Å². The van der Waals surface area contributed by atoms with Gasteiger partial charge in [0, 0.05) is 12.7 Å². The van der Waals surface area contributed by atoms with Gasteiger partial charge in [0.05, 0.1) is 0 Å². The Morgan fingerprint density at radius 2 is 2.05 bits per heavy atom. The molecule has 0 aromatic carbocycles. The van der Waals surface area contributed by atoms with Crippen molar-refractivity contribution in [3.63, 3.8) is 0 Å². The number of carbonyl (C=O) groups excluding carboxylic acids is 1. The molecule has 1 heterocycles. The Hall–Kier alpha value is -1.73. The standard InChI is InChI=1S/C13H13F5N2O/c1-7-4-8(5-19-9(7)10(14)15)6-20-11(21)12(2-3-12)13(16,17)18/h4-5,10H,2-3,6H2,1H3,(H,20,21). The first-order chi connectivity index (χ1) is 9.67. The first-order valence-corrected chi connectivity index (χ1v) is 6.26. The molecule has 1 aromatic rings. The molecule has 0 radical (unpaired) electrons. The zero-order valence-electron chi connectivity index (χ0n) is 11.1. The predicted molar refractivity (Wildman–Crippen MR) is 63.5 cm³/mol. The molecular formula is C13H13F5N2O. The summed E-state index contributed by atoms with van der Waals surface area (Å²) in [6, 6.07) is 1.38. The van der Waals surface area contributed by atoms with Gasteiger partial charge in [-0.1, -0.05) is 6.07 Å². The van der Waals surface area contributed by atoms with E-state index in [0.29, 0.717) is 5.56 Å². The van der Waals surface area contributed by atoms with Crippen LogP contribution in [0.3, 0.4) is 0 Å². The van der Waals surface area contributed by atoms with Crippen LogP contribution in [0, 0.1) is 12.3 Å². The molecule has 0 spiro atoms. The van der Waals surface area contributed by atoms with Crippen LogP contribution in [-0.2, 0) is 11.3 Å². The van der Waals surface area contributed by atoms with Crippen LogP contribution in [-0.4, -0.2) is 17.1 Å². The molecule has 1 aliphatic carbocycles. The normalized spacial score (nSPS) is 16.9. The molecule has 1 aromatic heterocycles. The molecule has 0 bridgehead atoms. The topological polar surface area (TPSA) is 42.0 Å². The quantitative estimate of drug-likeness (QED) is 0.867. The van der Waals surface area contributed by atoms with E-state index in [9.17, 15) is 26.7 Å². The molecule has 21 heavy (non-hydrogen) atoms. The number of amides is 1. The fourth-order valence-electron chi connectivity index (χ4n) is 2.08. The second-order valence-corrected chi connectivity index (χ2v) is 5.11. The highest BCUT2D eigenvalue weighted by Gasteiger charge is 2.68. The largest absolute Gasteiger partial charge is 0.403 e. The van der Waals surface area contributed by atoms with Gasteiger partial charge in [0.15, 0.2) is 0 Å². The Morgan fingerprint density at radius 3 is 2.48 bits per heavy atom. The number of aryl methyl sites for hydroxylation is 1.